The van der Waals surface area contributed by atoms with Crippen molar-refractivity contribution in [2.45, 2.75) is 6.42 Å². The fourth-order valence-electron chi connectivity index (χ4n) is 2.02. The number of ketones is 1. The molecule has 5 heteroatoms. The molecule has 0 aromatic heterocycles. The van der Waals surface area contributed by atoms with Gasteiger partial charge in [-0.15, -0.1) is 0 Å². The van der Waals surface area contributed by atoms with E-state index >= 15 is 0 Å². The Kier molecular flexibility index (Phi) is 3.88. The van der Waals surface area contributed by atoms with Crippen molar-refractivity contribution in [1.29, 1.82) is 0 Å². The predicted octanol–water partition coefficient (Wildman–Crippen LogP) is -0.344. The fourth-order valence-corrected chi connectivity index (χ4v) is 3.15. The van der Waals surface area contributed by atoms with Crippen LogP contribution in [0.4, 0.5) is 0 Å². The molecule has 0 saturated carbocycles. The lowest BCUT2D eigenvalue weighted by molar-refractivity contribution is -0.131. The molecule has 2 saturated heterocycles. The van der Waals surface area contributed by atoms with Crippen LogP contribution >= 0.6 is 0 Å². The Hall–Kier alpha value is -0.260. The van der Waals surface area contributed by atoms with E-state index in [-0.39, 0.29) is 5.92 Å². The Morgan fingerprint density at radius 3 is 2.80 bits per heavy atom. The molecule has 0 bridgehead atoms. The molecule has 15 heavy (non-hydrogen) atoms. The van der Waals surface area contributed by atoms with Crippen LogP contribution in [-0.4, -0.2) is 59.2 Å². The smallest absolute Gasteiger partial charge is 0.141 e. The number of hydrogen-bond donors (Lipinski definition) is 0. The quantitative estimate of drug-likeness (QED) is 0.652. The van der Waals surface area contributed by atoms with E-state index in [2.05, 4.69) is 4.90 Å². The van der Waals surface area contributed by atoms with Gasteiger partial charge in [0.25, 0.3) is 0 Å². The number of carbonyl (C=O) groups is 1. The second-order valence-corrected chi connectivity index (χ2v) is 5.83. The highest BCUT2D eigenvalue weighted by Gasteiger charge is 2.26. The van der Waals surface area contributed by atoms with E-state index in [0.717, 1.165) is 31.1 Å². The molecule has 1 atom stereocenters. The van der Waals surface area contributed by atoms with E-state index in [9.17, 15) is 9.00 Å². The van der Waals surface area contributed by atoms with E-state index in [0.29, 0.717) is 25.4 Å². The third-order valence-corrected chi connectivity index (χ3v) is 4.29. The Bertz CT molecular complexity index is 259. The largest absolute Gasteiger partial charge is 0.380 e. The lowest BCUT2D eigenvalue weighted by atomic mass is 10.00. The van der Waals surface area contributed by atoms with Crippen LogP contribution < -0.4 is 0 Å². The molecule has 1 unspecified atom stereocenters. The van der Waals surface area contributed by atoms with Gasteiger partial charge in [0.2, 0.25) is 0 Å². The first-order valence-electron chi connectivity index (χ1n) is 5.43. The minimum Gasteiger partial charge on any atom is -0.380 e. The van der Waals surface area contributed by atoms with Gasteiger partial charge in [0, 0.05) is 48.4 Å². The topological polar surface area (TPSA) is 46.6 Å². The second-order valence-electron chi connectivity index (χ2n) is 4.14. The van der Waals surface area contributed by atoms with Gasteiger partial charge < -0.3 is 9.64 Å². The Labute approximate surface area is 92.4 Å². The summed E-state index contributed by atoms with van der Waals surface area (Å²) in [7, 11) is -0.634. The van der Waals surface area contributed by atoms with Crippen LogP contribution in [0.15, 0.2) is 0 Å². The van der Waals surface area contributed by atoms with Crippen LogP contribution in [0.2, 0.25) is 0 Å². The van der Waals surface area contributed by atoms with Crippen LogP contribution in [0.3, 0.4) is 0 Å². The van der Waals surface area contributed by atoms with Gasteiger partial charge in [-0.3, -0.25) is 9.00 Å². The zero-order chi connectivity index (χ0) is 10.7. The predicted molar refractivity (Wildman–Crippen MR) is 58.2 cm³/mol. The molecular weight excluding hydrogens is 214 g/mol. The van der Waals surface area contributed by atoms with Gasteiger partial charge in [-0.25, -0.2) is 0 Å². The van der Waals surface area contributed by atoms with Gasteiger partial charge in [0.1, 0.15) is 5.78 Å². The maximum atomic E-state index is 11.6. The fraction of sp³-hybridized carbons (Fsp3) is 0.900. The highest BCUT2D eigenvalue weighted by molar-refractivity contribution is 7.85. The molecule has 2 heterocycles. The van der Waals surface area contributed by atoms with Crippen molar-refractivity contribution >= 4 is 16.6 Å². The number of carbonyl (C=O) groups excluding carboxylic acids is 1. The van der Waals surface area contributed by atoms with Crippen molar-refractivity contribution in [3.8, 4) is 0 Å². The molecule has 2 aliphatic heterocycles. The van der Waals surface area contributed by atoms with E-state index in [1.165, 1.54) is 0 Å². The highest BCUT2D eigenvalue weighted by Crippen LogP contribution is 2.12. The first-order chi connectivity index (χ1) is 7.25. The number of rotatable bonds is 2. The van der Waals surface area contributed by atoms with Crippen molar-refractivity contribution in [3.05, 3.63) is 0 Å². The minimum atomic E-state index is -0.634. The van der Waals surface area contributed by atoms with Gasteiger partial charge in [0.15, 0.2) is 0 Å². The van der Waals surface area contributed by atoms with E-state index in [1.807, 2.05) is 0 Å². The van der Waals surface area contributed by atoms with Gasteiger partial charge in [-0.2, -0.15) is 0 Å². The molecular formula is C10H17NO3S. The Morgan fingerprint density at radius 2 is 2.13 bits per heavy atom. The molecule has 0 radical (unpaired) electrons. The zero-order valence-electron chi connectivity index (χ0n) is 8.81. The maximum Gasteiger partial charge on any atom is 0.141 e. The number of hydrogen-bond acceptors (Lipinski definition) is 4. The molecule has 0 N–H and O–H groups in total. The van der Waals surface area contributed by atoms with Crippen LogP contribution in [0.1, 0.15) is 6.42 Å². The second kappa shape index (κ2) is 5.18. The minimum absolute atomic E-state index is 0.0466. The summed E-state index contributed by atoms with van der Waals surface area (Å²) in [5, 5.41) is 0. The highest BCUT2D eigenvalue weighted by atomic mass is 32.2. The molecule has 2 fully saturated rings. The van der Waals surface area contributed by atoms with E-state index < -0.39 is 10.8 Å². The third kappa shape index (κ3) is 3.09. The first kappa shape index (κ1) is 11.2. The van der Waals surface area contributed by atoms with Crippen molar-refractivity contribution in [2.75, 3.05) is 44.4 Å². The number of ether oxygens (including phenoxy) is 1. The van der Waals surface area contributed by atoms with Gasteiger partial charge in [-0.1, -0.05) is 0 Å². The standard InChI is InChI=1S/C10H17NO3S/c12-10-1-4-14-8-9(10)7-11-2-5-15(13)6-3-11/h9H,1-8H2. The maximum absolute atomic E-state index is 11.6. The summed E-state index contributed by atoms with van der Waals surface area (Å²) in [6, 6.07) is 0. The zero-order valence-corrected chi connectivity index (χ0v) is 9.63. The Morgan fingerprint density at radius 1 is 1.40 bits per heavy atom. The third-order valence-electron chi connectivity index (χ3n) is 3.02. The summed E-state index contributed by atoms with van der Waals surface area (Å²) in [6.45, 7) is 3.65. The molecule has 2 rings (SSSR count). The summed E-state index contributed by atoms with van der Waals surface area (Å²) >= 11 is 0. The SMILES string of the molecule is O=C1CCOCC1CN1CCS(=O)CC1. The average Bonchev–Trinajstić information content (AvgIpc) is 2.25. The van der Waals surface area contributed by atoms with Crippen molar-refractivity contribution < 1.29 is 13.7 Å². The molecule has 0 amide bonds. The van der Waals surface area contributed by atoms with Crippen LogP contribution in [0.5, 0.6) is 0 Å². The molecule has 0 aliphatic carbocycles. The van der Waals surface area contributed by atoms with Crippen LogP contribution in [0, 0.1) is 5.92 Å². The van der Waals surface area contributed by atoms with Crippen molar-refractivity contribution in [3.63, 3.8) is 0 Å². The van der Waals surface area contributed by atoms with E-state index in [4.69, 9.17) is 4.74 Å². The molecule has 86 valence electrons. The van der Waals surface area contributed by atoms with E-state index in [1.54, 1.807) is 0 Å². The number of nitrogens with zero attached hydrogens (tertiary/aromatic N) is 1. The molecule has 0 spiro atoms. The normalized spacial score (nSPS) is 30.7. The summed E-state index contributed by atoms with van der Waals surface area (Å²) in [4.78, 5) is 13.8. The summed E-state index contributed by atoms with van der Waals surface area (Å²) in [6.07, 6.45) is 0.560. The summed E-state index contributed by atoms with van der Waals surface area (Å²) in [5.41, 5.74) is 0. The molecule has 0 aromatic rings. The van der Waals surface area contributed by atoms with Gasteiger partial charge in [0.05, 0.1) is 19.1 Å². The van der Waals surface area contributed by atoms with Gasteiger partial charge in [-0.05, 0) is 0 Å². The summed E-state index contributed by atoms with van der Waals surface area (Å²) < 4.78 is 16.5. The summed E-state index contributed by atoms with van der Waals surface area (Å²) in [5.74, 6) is 1.88. The molecule has 0 aromatic carbocycles. The molecule has 2 aliphatic rings. The van der Waals surface area contributed by atoms with Gasteiger partial charge >= 0.3 is 0 Å². The molecule has 4 nitrogen and oxygen atoms in total. The monoisotopic (exact) mass is 231 g/mol. The van der Waals surface area contributed by atoms with Crippen LogP contribution in [0.25, 0.3) is 0 Å². The van der Waals surface area contributed by atoms with Crippen molar-refractivity contribution in [1.82, 2.24) is 4.90 Å². The van der Waals surface area contributed by atoms with Crippen molar-refractivity contribution in [2.24, 2.45) is 5.92 Å². The average molecular weight is 231 g/mol. The first-order valence-corrected chi connectivity index (χ1v) is 6.92. The van der Waals surface area contributed by atoms with Crippen LogP contribution in [-0.2, 0) is 20.3 Å². The Balaban J connectivity index is 1.80. The lowest BCUT2D eigenvalue weighted by Crippen LogP contribution is -2.44. The lowest BCUT2D eigenvalue weighted by Gasteiger charge is -2.30. The number of Topliss-reactive ketones (excluding diaryl/α,β-unsaturated/α-hetero) is 1.